The molecule has 7 nitrogen and oxygen atoms in total. The first-order valence-corrected chi connectivity index (χ1v) is 11.3. The van der Waals surface area contributed by atoms with Crippen molar-refractivity contribution in [2.24, 2.45) is 0 Å². The molecule has 0 aliphatic carbocycles. The van der Waals surface area contributed by atoms with Gasteiger partial charge in [-0.1, -0.05) is 37.3 Å². The fourth-order valence-electron chi connectivity index (χ4n) is 4.13. The lowest BCUT2D eigenvalue weighted by atomic mass is 10.1. The van der Waals surface area contributed by atoms with E-state index < -0.39 is 0 Å². The first-order chi connectivity index (χ1) is 15.5. The lowest BCUT2D eigenvalue weighted by Crippen LogP contribution is -2.33. The van der Waals surface area contributed by atoms with E-state index in [2.05, 4.69) is 22.5 Å². The van der Waals surface area contributed by atoms with Gasteiger partial charge in [-0.3, -0.25) is 14.0 Å². The van der Waals surface area contributed by atoms with E-state index in [0.717, 1.165) is 29.9 Å². The van der Waals surface area contributed by atoms with Gasteiger partial charge in [0.2, 0.25) is 5.91 Å². The van der Waals surface area contributed by atoms with Gasteiger partial charge in [-0.15, -0.1) is 0 Å². The van der Waals surface area contributed by atoms with Crippen LogP contribution in [-0.2, 0) is 24.2 Å². The van der Waals surface area contributed by atoms with Gasteiger partial charge < -0.3 is 9.73 Å². The van der Waals surface area contributed by atoms with Crippen LogP contribution in [-0.4, -0.2) is 26.1 Å². The van der Waals surface area contributed by atoms with Gasteiger partial charge in [0.25, 0.3) is 5.56 Å². The number of aryl methyl sites for hydroxylation is 4. The average Bonchev–Trinajstić information content (AvgIpc) is 3.31. The lowest BCUT2D eigenvalue weighted by molar-refractivity contribution is -0.121. The Morgan fingerprint density at radius 1 is 1.19 bits per heavy atom. The second kappa shape index (κ2) is 9.42. The van der Waals surface area contributed by atoms with Crippen molar-refractivity contribution >= 4 is 22.5 Å². The maximum atomic E-state index is 13.0. The molecule has 0 fully saturated rings. The summed E-state index contributed by atoms with van der Waals surface area (Å²) in [7, 11) is 0. The van der Waals surface area contributed by atoms with Crippen LogP contribution in [0.2, 0.25) is 0 Å². The number of hydrogen-bond donors (Lipinski definition) is 1. The van der Waals surface area contributed by atoms with Crippen molar-refractivity contribution in [3.05, 3.63) is 70.0 Å². The molecule has 1 aromatic carbocycles. The number of carbonyl (C=O) groups excluding carboxylic acids is 1. The quantitative estimate of drug-likeness (QED) is 0.431. The number of nitrogens with one attached hydrogen (secondary N) is 1. The molecule has 0 aliphatic heterocycles. The van der Waals surface area contributed by atoms with Gasteiger partial charge in [-0.2, -0.15) is 5.10 Å². The molecule has 168 valence electrons. The van der Waals surface area contributed by atoms with Crippen molar-refractivity contribution in [1.82, 2.24) is 19.5 Å². The number of carbonyl (C=O) groups is 1. The zero-order valence-electron chi connectivity index (χ0n) is 18.9. The van der Waals surface area contributed by atoms with Crippen LogP contribution in [0.3, 0.4) is 0 Å². The van der Waals surface area contributed by atoms with Crippen molar-refractivity contribution in [2.75, 3.05) is 0 Å². The number of aromatic nitrogens is 3. The minimum absolute atomic E-state index is 0.00563. The second-order valence-electron chi connectivity index (χ2n) is 8.37. The van der Waals surface area contributed by atoms with Crippen LogP contribution >= 0.6 is 0 Å². The molecule has 1 N–H and O–H groups in total. The van der Waals surface area contributed by atoms with Crippen molar-refractivity contribution in [3.8, 4) is 0 Å². The highest BCUT2D eigenvalue weighted by Gasteiger charge is 2.16. The Labute approximate surface area is 187 Å². The Balaban J connectivity index is 1.36. The highest BCUT2D eigenvalue weighted by Crippen LogP contribution is 2.23. The van der Waals surface area contributed by atoms with E-state index >= 15 is 0 Å². The predicted molar refractivity (Wildman–Crippen MR) is 125 cm³/mol. The Morgan fingerprint density at radius 3 is 2.72 bits per heavy atom. The van der Waals surface area contributed by atoms with Gasteiger partial charge in [0.15, 0.2) is 5.58 Å². The molecule has 0 spiro atoms. The molecule has 3 aromatic heterocycles. The van der Waals surface area contributed by atoms with Gasteiger partial charge >= 0.3 is 0 Å². The average molecular weight is 435 g/mol. The first-order valence-electron chi connectivity index (χ1n) is 11.3. The molecule has 0 aliphatic rings. The molecule has 4 rings (SSSR count). The van der Waals surface area contributed by atoms with Crippen LogP contribution in [0.1, 0.15) is 50.3 Å². The largest absolute Gasteiger partial charge is 0.460 e. The standard InChI is InChI=1S/C25H30N4O3/c1-4-23-27-28(25(31)21-16-22-20(29(21)23)15-18(3)32-22)14-8-11-24(30)26-17(2)12-13-19-9-6-5-7-10-19/h5-7,9-10,15-17H,4,8,11-14H2,1-3H3,(H,26,30). The number of fused-ring (bicyclic) bond motifs is 3. The van der Waals surface area contributed by atoms with E-state index in [-0.39, 0.29) is 17.5 Å². The summed E-state index contributed by atoms with van der Waals surface area (Å²) in [4.78, 5) is 25.3. The molecule has 0 radical (unpaired) electrons. The molecule has 0 saturated carbocycles. The van der Waals surface area contributed by atoms with Crippen LogP contribution in [0.15, 0.2) is 51.7 Å². The number of rotatable bonds is 9. The predicted octanol–water partition coefficient (Wildman–Crippen LogP) is 4.03. The van der Waals surface area contributed by atoms with Gasteiger partial charge in [0, 0.05) is 37.6 Å². The summed E-state index contributed by atoms with van der Waals surface area (Å²) < 4.78 is 9.05. The van der Waals surface area contributed by atoms with E-state index in [1.165, 1.54) is 10.2 Å². The molecule has 0 saturated heterocycles. The zero-order chi connectivity index (χ0) is 22.7. The van der Waals surface area contributed by atoms with Crippen LogP contribution in [0.4, 0.5) is 0 Å². The molecule has 1 atom stereocenters. The van der Waals surface area contributed by atoms with E-state index in [9.17, 15) is 9.59 Å². The van der Waals surface area contributed by atoms with Crippen molar-refractivity contribution in [2.45, 2.75) is 65.5 Å². The number of amides is 1. The summed E-state index contributed by atoms with van der Waals surface area (Å²) in [6.07, 6.45) is 3.42. The molecule has 0 bridgehead atoms. The third-order valence-corrected chi connectivity index (χ3v) is 5.77. The summed E-state index contributed by atoms with van der Waals surface area (Å²) in [6.45, 7) is 6.33. The fourth-order valence-corrected chi connectivity index (χ4v) is 4.13. The Hall–Kier alpha value is -3.35. The summed E-state index contributed by atoms with van der Waals surface area (Å²) in [5.74, 6) is 1.61. The normalized spacial score (nSPS) is 12.5. The molecular weight excluding hydrogens is 404 g/mol. The minimum Gasteiger partial charge on any atom is -0.460 e. The third kappa shape index (κ3) is 4.61. The van der Waals surface area contributed by atoms with E-state index in [4.69, 9.17) is 4.42 Å². The molecule has 3 heterocycles. The zero-order valence-corrected chi connectivity index (χ0v) is 18.9. The topological polar surface area (TPSA) is 81.5 Å². The Morgan fingerprint density at radius 2 is 1.97 bits per heavy atom. The maximum absolute atomic E-state index is 13.0. The summed E-state index contributed by atoms with van der Waals surface area (Å²) in [5, 5.41) is 7.62. The van der Waals surface area contributed by atoms with Crippen LogP contribution in [0, 0.1) is 6.92 Å². The van der Waals surface area contributed by atoms with Gasteiger partial charge in [-0.05, 0) is 38.7 Å². The van der Waals surface area contributed by atoms with E-state index in [1.807, 2.05) is 49.4 Å². The van der Waals surface area contributed by atoms with E-state index in [1.54, 1.807) is 6.07 Å². The summed E-state index contributed by atoms with van der Waals surface area (Å²) in [5.41, 5.74) is 3.23. The fraction of sp³-hybridized carbons (Fsp3) is 0.400. The van der Waals surface area contributed by atoms with E-state index in [0.29, 0.717) is 36.9 Å². The number of nitrogens with zero attached hydrogens (tertiary/aromatic N) is 3. The number of furan rings is 1. The first kappa shape index (κ1) is 21.9. The molecule has 7 heteroatoms. The van der Waals surface area contributed by atoms with Crippen molar-refractivity contribution in [1.29, 1.82) is 0 Å². The smallest absolute Gasteiger partial charge is 0.291 e. The molecule has 32 heavy (non-hydrogen) atoms. The van der Waals surface area contributed by atoms with Crippen LogP contribution in [0.5, 0.6) is 0 Å². The van der Waals surface area contributed by atoms with Crippen LogP contribution < -0.4 is 10.9 Å². The lowest BCUT2D eigenvalue weighted by Gasteiger charge is -2.14. The van der Waals surface area contributed by atoms with Crippen molar-refractivity contribution in [3.63, 3.8) is 0 Å². The molecule has 4 aromatic rings. The number of hydrogen-bond acceptors (Lipinski definition) is 4. The number of benzene rings is 1. The second-order valence-corrected chi connectivity index (χ2v) is 8.37. The molecule has 1 amide bonds. The summed E-state index contributed by atoms with van der Waals surface area (Å²) in [6, 6.07) is 14.1. The molecule has 1 unspecified atom stereocenters. The van der Waals surface area contributed by atoms with Gasteiger partial charge in [-0.25, -0.2) is 4.68 Å². The maximum Gasteiger partial charge on any atom is 0.291 e. The highest BCUT2D eigenvalue weighted by molar-refractivity contribution is 5.83. The SMILES string of the molecule is CCc1nn(CCCC(=O)NC(C)CCc2ccccc2)c(=O)c2cc3oc(C)cc3n12. The van der Waals surface area contributed by atoms with Gasteiger partial charge in [0.05, 0.1) is 5.52 Å². The monoisotopic (exact) mass is 434 g/mol. The Kier molecular flexibility index (Phi) is 6.44. The molecular formula is C25H30N4O3. The minimum atomic E-state index is -0.164. The highest BCUT2D eigenvalue weighted by atomic mass is 16.3. The Bertz CT molecular complexity index is 1280. The van der Waals surface area contributed by atoms with Crippen LogP contribution in [0.25, 0.3) is 16.6 Å². The van der Waals surface area contributed by atoms with Crippen molar-refractivity contribution < 1.29 is 9.21 Å². The third-order valence-electron chi connectivity index (χ3n) is 5.77. The summed E-state index contributed by atoms with van der Waals surface area (Å²) >= 11 is 0. The van der Waals surface area contributed by atoms with Gasteiger partial charge in [0.1, 0.15) is 17.1 Å².